The van der Waals surface area contributed by atoms with Crippen molar-refractivity contribution >= 4 is 0 Å². The summed E-state index contributed by atoms with van der Waals surface area (Å²) in [7, 11) is 0. The quantitative estimate of drug-likeness (QED) is 0.625. The number of nitrogens with zero attached hydrogens (tertiary/aromatic N) is 2. The zero-order valence-corrected chi connectivity index (χ0v) is 17.9. The summed E-state index contributed by atoms with van der Waals surface area (Å²) in [5.74, 6) is 0.928. The van der Waals surface area contributed by atoms with Gasteiger partial charge in [0.2, 0.25) is 0 Å². The lowest BCUT2D eigenvalue weighted by molar-refractivity contribution is -0.150. The number of rotatable bonds is 7. The Labute approximate surface area is 184 Å². The molecule has 1 N–H and O–H groups in total. The zero-order valence-electron chi connectivity index (χ0n) is 17.9. The highest BCUT2D eigenvalue weighted by Gasteiger charge is 2.53. The van der Waals surface area contributed by atoms with Gasteiger partial charge < -0.3 is 9.84 Å². The Hall–Kier alpha value is -2.66. The lowest BCUT2D eigenvalue weighted by Gasteiger charge is -2.61. The van der Waals surface area contributed by atoms with Crippen molar-refractivity contribution in [1.82, 2.24) is 9.80 Å². The second kappa shape index (κ2) is 8.83. The van der Waals surface area contributed by atoms with Crippen LogP contribution in [0.15, 0.2) is 91.0 Å². The maximum Gasteiger partial charge on any atom is 0.131 e. The Balaban J connectivity index is 1.41. The van der Waals surface area contributed by atoms with E-state index in [1.54, 1.807) is 0 Å². The number of ether oxygens (including phenoxy) is 1. The van der Waals surface area contributed by atoms with Gasteiger partial charge in [0.1, 0.15) is 11.9 Å². The summed E-state index contributed by atoms with van der Waals surface area (Å²) < 4.78 is 6.41. The molecule has 0 aliphatic carbocycles. The molecule has 0 bridgehead atoms. The lowest BCUT2D eigenvalue weighted by atomic mass is 9.80. The van der Waals surface area contributed by atoms with Crippen LogP contribution in [-0.2, 0) is 0 Å². The zero-order chi connectivity index (χ0) is 21.2. The third kappa shape index (κ3) is 3.87. The smallest absolute Gasteiger partial charge is 0.131 e. The predicted molar refractivity (Wildman–Crippen MR) is 123 cm³/mol. The number of aliphatic hydroxyl groups is 1. The molecule has 0 amide bonds. The number of para-hydroxylation sites is 1. The van der Waals surface area contributed by atoms with Crippen molar-refractivity contribution in [2.24, 2.45) is 0 Å². The minimum absolute atomic E-state index is 0.130. The van der Waals surface area contributed by atoms with E-state index in [2.05, 4.69) is 77.4 Å². The van der Waals surface area contributed by atoms with Crippen molar-refractivity contribution in [2.75, 3.05) is 19.7 Å². The van der Waals surface area contributed by atoms with Crippen LogP contribution in [0.1, 0.15) is 30.1 Å². The minimum Gasteiger partial charge on any atom is -0.487 e. The third-order valence-corrected chi connectivity index (χ3v) is 6.79. The Morgan fingerprint density at radius 1 is 0.806 bits per heavy atom. The highest BCUT2D eigenvalue weighted by Crippen LogP contribution is 2.47. The third-order valence-electron chi connectivity index (χ3n) is 6.79. The average molecular weight is 415 g/mol. The topological polar surface area (TPSA) is 35.9 Å². The Bertz CT molecular complexity index is 966. The van der Waals surface area contributed by atoms with E-state index >= 15 is 0 Å². The summed E-state index contributed by atoms with van der Waals surface area (Å²) >= 11 is 0. The number of hydrogen-bond acceptors (Lipinski definition) is 4. The highest BCUT2D eigenvalue weighted by atomic mass is 16.5. The van der Waals surface area contributed by atoms with Crippen LogP contribution in [0.4, 0.5) is 0 Å². The molecule has 0 unspecified atom stereocenters. The molecule has 2 aliphatic heterocycles. The Morgan fingerprint density at radius 2 is 1.35 bits per heavy atom. The number of benzene rings is 3. The van der Waals surface area contributed by atoms with Gasteiger partial charge in [-0.05, 0) is 30.2 Å². The normalized spacial score (nSPS) is 27.2. The molecule has 0 aromatic heterocycles. The molecule has 0 spiro atoms. The molecule has 2 fully saturated rings. The van der Waals surface area contributed by atoms with E-state index in [1.807, 2.05) is 30.3 Å². The maximum absolute atomic E-state index is 9.79. The summed E-state index contributed by atoms with van der Waals surface area (Å²) in [5.41, 5.74) is 2.62. The molecule has 3 aromatic rings. The first kappa shape index (κ1) is 20.3. The minimum atomic E-state index is 0.130. The number of hydrogen-bond donors (Lipinski definition) is 1. The summed E-state index contributed by atoms with van der Waals surface area (Å²) in [4.78, 5) is 5.02. The van der Waals surface area contributed by atoms with Crippen molar-refractivity contribution in [2.45, 2.75) is 37.2 Å². The second-order valence-corrected chi connectivity index (χ2v) is 8.67. The molecular weight excluding hydrogens is 384 g/mol. The summed E-state index contributed by atoms with van der Waals surface area (Å²) in [5, 5.41) is 9.79. The van der Waals surface area contributed by atoms with Crippen molar-refractivity contribution in [1.29, 1.82) is 0 Å². The van der Waals surface area contributed by atoms with Crippen LogP contribution in [0.5, 0.6) is 5.75 Å². The van der Waals surface area contributed by atoms with Crippen LogP contribution in [0.3, 0.4) is 0 Å². The molecule has 5 rings (SSSR count). The van der Waals surface area contributed by atoms with Crippen molar-refractivity contribution < 1.29 is 9.84 Å². The molecule has 4 heteroatoms. The molecule has 4 nitrogen and oxygen atoms in total. The van der Waals surface area contributed by atoms with Crippen LogP contribution in [0.25, 0.3) is 0 Å². The Morgan fingerprint density at radius 3 is 1.94 bits per heavy atom. The molecule has 0 saturated carbocycles. The largest absolute Gasteiger partial charge is 0.487 e. The van der Waals surface area contributed by atoms with Gasteiger partial charge in [0.05, 0.1) is 18.7 Å². The molecule has 3 aromatic carbocycles. The molecule has 2 saturated heterocycles. The van der Waals surface area contributed by atoms with Gasteiger partial charge >= 0.3 is 0 Å². The van der Waals surface area contributed by atoms with Gasteiger partial charge in [0, 0.05) is 25.2 Å². The Kier molecular flexibility index (Phi) is 5.77. The SMILES string of the molecule is C[C@@H](CO)N1C[C@H](N2C[C@@H](Oc3ccccc3)[C@H]2c2ccccc2)[C@@H]1c1ccccc1. The van der Waals surface area contributed by atoms with E-state index in [9.17, 15) is 5.11 Å². The van der Waals surface area contributed by atoms with E-state index < -0.39 is 0 Å². The first-order valence-electron chi connectivity index (χ1n) is 11.2. The molecule has 0 radical (unpaired) electrons. The first-order valence-corrected chi connectivity index (χ1v) is 11.2. The fourth-order valence-electron chi connectivity index (χ4n) is 5.09. The van der Waals surface area contributed by atoms with Gasteiger partial charge in [-0.15, -0.1) is 0 Å². The number of aliphatic hydroxyl groups excluding tert-OH is 1. The first-order chi connectivity index (χ1) is 15.3. The van der Waals surface area contributed by atoms with Crippen LogP contribution in [0, 0.1) is 0 Å². The lowest BCUT2D eigenvalue weighted by Crippen LogP contribution is -2.71. The molecule has 5 atom stereocenters. The number of likely N-dealkylation sites (tertiary alicyclic amines) is 2. The van der Waals surface area contributed by atoms with Crippen LogP contribution < -0.4 is 4.74 Å². The van der Waals surface area contributed by atoms with Crippen molar-refractivity contribution in [3.05, 3.63) is 102 Å². The molecule has 160 valence electrons. The monoisotopic (exact) mass is 414 g/mol. The average Bonchev–Trinajstić information content (AvgIpc) is 2.79. The van der Waals surface area contributed by atoms with E-state index in [0.29, 0.717) is 6.04 Å². The van der Waals surface area contributed by atoms with Gasteiger partial charge in [-0.2, -0.15) is 0 Å². The van der Waals surface area contributed by atoms with Gasteiger partial charge in [-0.3, -0.25) is 9.80 Å². The maximum atomic E-state index is 9.79. The van der Waals surface area contributed by atoms with Gasteiger partial charge in [-0.25, -0.2) is 0 Å². The highest BCUT2D eigenvalue weighted by molar-refractivity contribution is 5.30. The van der Waals surface area contributed by atoms with Crippen LogP contribution >= 0.6 is 0 Å². The molecular formula is C27H30N2O2. The molecule has 31 heavy (non-hydrogen) atoms. The van der Waals surface area contributed by atoms with E-state index in [1.165, 1.54) is 11.1 Å². The fraction of sp³-hybridized carbons (Fsp3) is 0.333. The van der Waals surface area contributed by atoms with Gasteiger partial charge in [0.15, 0.2) is 0 Å². The predicted octanol–water partition coefficient (Wildman–Crippen LogP) is 4.30. The summed E-state index contributed by atoms with van der Waals surface area (Å²) in [6, 6.07) is 32.6. The summed E-state index contributed by atoms with van der Waals surface area (Å²) in [6.07, 6.45) is 0.130. The van der Waals surface area contributed by atoms with E-state index in [0.717, 1.165) is 18.8 Å². The van der Waals surface area contributed by atoms with Crippen molar-refractivity contribution in [3.8, 4) is 5.75 Å². The van der Waals surface area contributed by atoms with Gasteiger partial charge in [0.25, 0.3) is 0 Å². The van der Waals surface area contributed by atoms with Crippen molar-refractivity contribution in [3.63, 3.8) is 0 Å². The molecule has 2 heterocycles. The van der Waals surface area contributed by atoms with Crippen LogP contribution in [0.2, 0.25) is 0 Å². The molecule has 2 aliphatic rings. The standard InChI is InChI=1S/C27H30N2O2/c1-20(19-30)28-17-24(26(28)21-11-5-2-6-12-21)29-18-25(31-23-15-9-4-10-16-23)27(29)22-13-7-3-8-14-22/h2-16,20,24-27,30H,17-19H2,1H3/t20-,24-,25+,26-,27+/m0/s1. The summed E-state index contributed by atoms with van der Waals surface area (Å²) in [6.45, 7) is 4.16. The van der Waals surface area contributed by atoms with Crippen LogP contribution in [-0.4, -0.2) is 52.8 Å². The fourth-order valence-corrected chi connectivity index (χ4v) is 5.09. The van der Waals surface area contributed by atoms with Gasteiger partial charge in [-0.1, -0.05) is 78.9 Å². The van der Waals surface area contributed by atoms with E-state index in [4.69, 9.17) is 4.74 Å². The van der Waals surface area contributed by atoms with E-state index in [-0.39, 0.29) is 30.8 Å². The second-order valence-electron chi connectivity index (χ2n) is 8.67.